The molecule has 1 aromatic carbocycles. The van der Waals surface area contributed by atoms with Crippen LogP contribution in [0.15, 0.2) is 18.2 Å². The molecule has 23 heavy (non-hydrogen) atoms. The second-order valence-corrected chi connectivity index (χ2v) is 7.71. The van der Waals surface area contributed by atoms with Gasteiger partial charge < -0.3 is 5.32 Å². The number of hydrogen-bond donors (Lipinski definition) is 1. The van der Waals surface area contributed by atoms with Crippen LogP contribution in [-0.4, -0.2) is 37.5 Å². The molecule has 0 spiro atoms. The Morgan fingerprint density at radius 1 is 1.26 bits per heavy atom. The third kappa shape index (κ3) is 4.97. The predicted molar refractivity (Wildman–Crippen MR) is 83.4 cm³/mol. The van der Waals surface area contributed by atoms with E-state index in [2.05, 4.69) is 5.32 Å². The quantitative estimate of drug-likeness (QED) is 0.891. The van der Waals surface area contributed by atoms with Gasteiger partial charge in [0.2, 0.25) is 15.9 Å². The van der Waals surface area contributed by atoms with E-state index >= 15 is 0 Å². The maximum Gasteiger partial charge on any atom is 0.239 e. The monoisotopic (exact) mass is 346 g/mol. The van der Waals surface area contributed by atoms with Gasteiger partial charge in [-0.25, -0.2) is 17.2 Å². The Kier molecular flexibility index (Phi) is 5.69. The molecule has 0 heterocycles. The number of hydrogen-bond acceptors (Lipinski definition) is 3. The summed E-state index contributed by atoms with van der Waals surface area (Å²) in [6.07, 6.45) is 5.34. The van der Waals surface area contributed by atoms with Crippen molar-refractivity contribution >= 4 is 21.6 Å². The summed E-state index contributed by atoms with van der Waals surface area (Å²) in [6, 6.07) is 2.48. The maximum absolute atomic E-state index is 13.5. The standard InChI is InChI=1S/C15H20F2N2O3S/c1-23(21,22)19(12-5-3-2-4-6-12)10-15(20)18-14-9-11(16)7-8-13(14)17/h7-9,12H,2-6,10H2,1H3,(H,18,20). The predicted octanol–water partition coefficient (Wildman–Crippen LogP) is 2.50. The zero-order valence-electron chi connectivity index (χ0n) is 12.9. The smallest absolute Gasteiger partial charge is 0.239 e. The molecule has 0 bridgehead atoms. The van der Waals surface area contributed by atoms with E-state index in [0.717, 1.165) is 48.0 Å². The molecule has 5 nitrogen and oxygen atoms in total. The summed E-state index contributed by atoms with van der Waals surface area (Å²) < 4.78 is 51.7. The lowest BCUT2D eigenvalue weighted by Gasteiger charge is -2.31. The number of carbonyl (C=O) groups excluding carboxylic acids is 1. The average Bonchev–Trinajstić information content (AvgIpc) is 2.48. The van der Waals surface area contributed by atoms with Crippen molar-refractivity contribution in [2.24, 2.45) is 0 Å². The Morgan fingerprint density at radius 2 is 1.91 bits per heavy atom. The minimum Gasteiger partial charge on any atom is -0.322 e. The zero-order valence-corrected chi connectivity index (χ0v) is 13.7. The van der Waals surface area contributed by atoms with E-state index in [4.69, 9.17) is 0 Å². The van der Waals surface area contributed by atoms with Crippen molar-refractivity contribution in [1.29, 1.82) is 0 Å². The molecule has 2 rings (SSSR count). The molecule has 1 aliphatic carbocycles. The third-order valence-corrected chi connectivity index (χ3v) is 5.19. The van der Waals surface area contributed by atoms with Crippen LogP contribution in [0.1, 0.15) is 32.1 Å². The van der Waals surface area contributed by atoms with Crippen LogP contribution in [0, 0.1) is 11.6 Å². The van der Waals surface area contributed by atoms with Gasteiger partial charge in [0.25, 0.3) is 0 Å². The first-order valence-corrected chi connectivity index (χ1v) is 9.34. The average molecular weight is 346 g/mol. The molecule has 1 saturated carbocycles. The Morgan fingerprint density at radius 3 is 2.52 bits per heavy atom. The summed E-state index contributed by atoms with van der Waals surface area (Å²) in [5, 5.41) is 2.23. The highest BCUT2D eigenvalue weighted by Crippen LogP contribution is 2.24. The minimum absolute atomic E-state index is 0.221. The van der Waals surface area contributed by atoms with Crippen molar-refractivity contribution in [3.63, 3.8) is 0 Å². The van der Waals surface area contributed by atoms with E-state index in [1.165, 1.54) is 0 Å². The van der Waals surface area contributed by atoms with Gasteiger partial charge in [-0.15, -0.1) is 0 Å². The van der Waals surface area contributed by atoms with Gasteiger partial charge in [-0.2, -0.15) is 4.31 Å². The lowest BCUT2D eigenvalue weighted by Crippen LogP contribution is -2.45. The number of amides is 1. The van der Waals surface area contributed by atoms with Gasteiger partial charge in [0.1, 0.15) is 11.6 Å². The number of nitrogens with one attached hydrogen (secondary N) is 1. The van der Waals surface area contributed by atoms with Crippen molar-refractivity contribution in [3.8, 4) is 0 Å². The molecule has 0 aromatic heterocycles. The van der Waals surface area contributed by atoms with Crippen LogP contribution in [0.5, 0.6) is 0 Å². The molecule has 1 aliphatic rings. The fourth-order valence-electron chi connectivity index (χ4n) is 2.81. The van der Waals surface area contributed by atoms with Crippen LogP contribution >= 0.6 is 0 Å². The van der Waals surface area contributed by atoms with Crippen molar-refractivity contribution in [3.05, 3.63) is 29.8 Å². The highest BCUT2D eigenvalue weighted by molar-refractivity contribution is 7.88. The molecule has 8 heteroatoms. The molecule has 1 aromatic rings. The van der Waals surface area contributed by atoms with Gasteiger partial charge in [0.15, 0.2) is 0 Å². The second-order valence-electron chi connectivity index (χ2n) is 5.77. The fourth-order valence-corrected chi connectivity index (χ4v) is 3.91. The summed E-state index contributed by atoms with van der Waals surface area (Å²) >= 11 is 0. The van der Waals surface area contributed by atoms with Gasteiger partial charge in [0, 0.05) is 12.1 Å². The van der Waals surface area contributed by atoms with Gasteiger partial charge in [-0.3, -0.25) is 4.79 Å². The molecular formula is C15H20F2N2O3S. The second kappa shape index (κ2) is 7.35. The summed E-state index contributed by atoms with van der Waals surface area (Å²) in [5.41, 5.74) is -0.299. The van der Waals surface area contributed by atoms with E-state index in [-0.39, 0.29) is 11.7 Å². The normalized spacial score (nSPS) is 16.5. The molecule has 1 N–H and O–H groups in total. The summed E-state index contributed by atoms with van der Waals surface area (Å²) in [5.74, 6) is -2.15. The number of benzene rings is 1. The highest BCUT2D eigenvalue weighted by Gasteiger charge is 2.30. The topological polar surface area (TPSA) is 66.5 Å². The maximum atomic E-state index is 13.5. The van der Waals surface area contributed by atoms with E-state index in [1.54, 1.807) is 0 Å². The number of rotatable bonds is 5. The van der Waals surface area contributed by atoms with Gasteiger partial charge in [-0.1, -0.05) is 19.3 Å². The number of nitrogens with zero attached hydrogens (tertiary/aromatic N) is 1. The number of carbonyl (C=O) groups is 1. The van der Waals surface area contributed by atoms with Crippen molar-refractivity contribution in [2.75, 3.05) is 18.1 Å². The van der Waals surface area contributed by atoms with Gasteiger partial charge in [0.05, 0.1) is 18.5 Å². The van der Waals surface area contributed by atoms with E-state index < -0.39 is 34.1 Å². The van der Waals surface area contributed by atoms with Crippen LogP contribution in [0.2, 0.25) is 0 Å². The number of sulfonamides is 1. The van der Waals surface area contributed by atoms with Crippen LogP contribution < -0.4 is 5.32 Å². The fraction of sp³-hybridized carbons (Fsp3) is 0.533. The van der Waals surface area contributed by atoms with Crippen molar-refractivity contribution in [2.45, 2.75) is 38.1 Å². The van der Waals surface area contributed by atoms with E-state index in [9.17, 15) is 22.0 Å². The van der Waals surface area contributed by atoms with Crippen LogP contribution in [0.4, 0.5) is 14.5 Å². The summed E-state index contributed by atoms with van der Waals surface area (Å²) in [6.45, 7) is -0.403. The summed E-state index contributed by atoms with van der Waals surface area (Å²) in [4.78, 5) is 12.1. The molecule has 1 fully saturated rings. The molecule has 0 saturated heterocycles. The molecule has 0 radical (unpaired) electrons. The van der Waals surface area contributed by atoms with Crippen LogP contribution in [0.3, 0.4) is 0 Å². The molecule has 0 aliphatic heterocycles. The highest BCUT2D eigenvalue weighted by atomic mass is 32.2. The SMILES string of the molecule is CS(=O)(=O)N(CC(=O)Nc1cc(F)ccc1F)C1CCCCC1. The first-order chi connectivity index (χ1) is 10.8. The lowest BCUT2D eigenvalue weighted by molar-refractivity contribution is -0.116. The summed E-state index contributed by atoms with van der Waals surface area (Å²) in [7, 11) is -3.57. The molecule has 128 valence electrons. The molecule has 0 unspecified atom stereocenters. The van der Waals surface area contributed by atoms with Crippen LogP contribution in [0.25, 0.3) is 0 Å². The number of anilines is 1. The zero-order chi connectivity index (χ0) is 17.0. The molecular weight excluding hydrogens is 326 g/mol. The number of halogens is 2. The Labute approximate surface area is 134 Å². The van der Waals surface area contributed by atoms with Crippen molar-refractivity contribution < 1.29 is 22.0 Å². The van der Waals surface area contributed by atoms with Gasteiger partial charge >= 0.3 is 0 Å². The Bertz CT molecular complexity index is 673. The largest absolute Gasteiger partial charge is 0.322 e. The van der Waals surface area contributed by atoms with E-state index in [0.29, 0.717) is 12.8 Å². The Balaban J connectivity index is 2.09. The lowest BCUT2D eigenvalue weighted by atomic mass is 9.95. The Hall–Kier alpha value is -1.54. The van der Waals surface area contributed by atoms with E-state index in [1.807, 2.05) is 0 Å². The molecule has 0 atom stereocenters. The minimum atomic E-state index is -3.57. The van der Waals surface area contributed by atoms with Crippen molar-refractivity contribution in [1.82, 2.24) is 4.31 Å². The first kappa shape index (κ1) is 17.8. The third-order valence-electron chi connectivity index (χ3n) is 3.91. The van der Waals surface area contributed by atoms with Crippen LogP contribution in [-0.2, 0) is 14.8 Å². The molecule has 1 amide bonds. The van der Waals surface area contributed by atoms with Gasteiger partial charge in [-0.05, 0) is 25.0 Å². The first-order valence-electron chi connectivity index (χ1n) is 7.49.